The molecule has 0 aliphatic carbocycles. The molecular weight excluding hydrogens is 376 g/mol. The van der Waals surface area contributed by atoms with Crippen molar-refractivity contribution in [3.63, 3.8) is 0 Å². The van der Waals surface area contributed by atoms with Crippen molar-refractivity contribution in [3.8, 4) is 0 Å². The van der Waals surface area contributed by atoms with E-state index in [4.69, 9.17) is 0 Å². The van der Waals surface area contributed by atoms with Gasteiger partial charge in [-0.3, -0.25) is 0 Å². The van der Waals surface area contributed by atoms with Crippen molar-refractivity contribution in [2.75, 3.05) is 11.5 Å². The van der Waals surface area contributed by atoms with Gasteiger partial charge >= 0.3 is 0 Å². The number of benzene rings is 2. The van der Waals surface area contributed by atoms with E-state index in [1.807, 2.05) is 0 Å². The van der Waals surface area contributed by atoms with E-state index in [0.717, 1.165) is 9.79 Å². The molecule has 2 nitrogen and oxygen atoms in total. The first kappa shape index (κ1) is 20.1. The lowest BCUT2D eigenvalue weighted by atomic mass is 10.2. The zero-order chi connectivity index (χ0) is 17.4. The Balaban J connectivity index is 1.63. The Morgan fingerprint density at radius 1 is 0.667 bits per heavy atom. The lowest BCUT2D eigenvalue weighted by Crippen LogP contribution is -2.29. The van der Waals surface area contributed by atoms with Gasteiger partial charge in [-0.15, -0.1) is 0 Å². The molecule has 2 rings (SSSR count). The summed E-state index contributed by atoms with van der Waals surface area (Å²) < 4.78 is 0. The Labute approximate surface area is 160 Å². The van der Waals surface area contributed by atoms with Crippen LogP contribution in [0.1, 0.15) is 11.1 Å². The zero-order valence-electron chi connectivity index (χ0n) is 13.7. The van der Waals surface area contributed by atoms with Crippen molar-refractivity contribution in [1.29, 1.82) is 0 Å². The third kappa shape index (κ3) is 7.33. The molecule has 2 atom stereocenters. The fraction of sp³-hybridized carbons (Fsp3) is 0.333. The summed E-state index contributed by atoms with van der Waals surface area (Å²) in [5.74, 6) is 1.02. The summed E-state index contributed by atoms with van der Waals surface area (Å²) in [6, 6.07) is 16.6. The molecule has 24 heavy (non-hydrogen) atoms. The largest absolute Gasteiger partial charge is 0.390 e. The molecule has 2 aromatic rings. The Kier molecular flexibility index (Phi) is 8.94. The molecule has 0 saturated carbocycles. The molecule has 0 aliphatic heterocycles. The van der Waals surface area contributed by atoms with E-state index in [0.29, 0.717) is 11.5 Å². The number of rotatable bonds is 9. The Morgan fingerprint density at radius 3 is 1.33 bits per heavy atom. The fourth-order valence-corrected chi connectivity index (χ4v) is 6.11. The quantitative estimate of drug-likeness (QED) is 0.565. The monoisotopic (exact) mass is 398 g/mol. The van der Waals surface area contributed by atoms with Gasteiger partial charge < -0.3 is 10.2 Å². The minimum atomic E-state index is -0.709. The molecule has 0 radical (unpaired) electrons. The smallest absolute Gasteiger partial charge is 0.0906 e. The van der Waals surface area contributed by atoms with Crippen LogP contribution in [0, 0.1) is 13.8 Å². The van der Waals surface area contributed by atoms with Crippen molar-refractivity contribution in [1.82, 2.24) is 0 Å². The van der Waals surface area contributed by atoms with Gasteiger partial charge in [0.15, 0.2) is 0 Å². The topological polar surface area (TPSA) is 40.5 Å². The normalized spacial score (nSPS) is 13.7. The molecule has 0 heterocycles. The number of aliphatic hydroxyl groups excluding tert-OH is 2. The second kappa shape index (κ2) is 10.7. The molecule has 0 saturated heterocycles. The molecular formula is C18H22O2S4. The average molecular weight is 399 g/mol. The molecule has 0 fully saturated rings. The predicted octanol–water partition coefficient (Wildman–Crippen LogP) is 5.21. The van der Waals surface area contributed by atoms with E-state index in [1.54, 1.807) is 43.2 Å². The van der Waals surface area contributed by atoms with E-state index in [-0.39, 0.29) is 0 Å². The van der Waals surface area contributed by atoms with Gasteiger partial charge in [0.25, 0.3) is 0 Å². The zero-order valence-corrected chi connectivity index (χ0v) is 17.0. The molecule has 2 unspecified atom stereocenters. The molecule has 6 heteroatoms. The predicted molar refractivity (Wildman–Crippen MR) is 111 cm³/mol. The van der Waals surface area contributed by atoms with E-state index in [2.05, 4.69) is 62.4 Å². The minimum absolute atomic E-state index is 0.509. The van der Waals surface area contributed by atoms with Crippen LogP contribution < -0.4 is 0 Å². The van der Waals surface area contributed by atoms with Gasteiger partial charge in [0, 0.05) is 21.3 Å². The number of aryl methyl sites for hydroxylation is 2. The van der Waals surface area contributed by atoms with Crippen LogP contribution >= 0.6 is 43.2 Å². The second-order valence-electron chi connectivity index (χ2n) is 5.50. The highest BCUT2D eigenvalue weighted by Gasteiger charge is 2.17. The van der Waals surface area contributed by atoms with Crippen LogP contribution in [0.3, 0.4) is 0 Å². The summed E-state index contributed by atoms with van der Waals surface area (Å²) in [6.07, 6.45) is -1.42. The van der Waals surface area contributed by atoms with Gasteiger partial charge in [-0.1, -0.05) is 78.6 Å². The maximum atomic E-state index is 10.1. The van der Waals surface area contributed by atoms with Crippen LogP contribution in [0.4, 0.5) is 0 Å². The lowest BCUT2D eigenvalue weighted by molar-refractivity contribution is 0.0503. The van der Waals surface area contributed by atoms with E-state index < -0.39 is 12.2 Å². The average Bonchev–Trinajstić information content (AvgIpc) is 2.58. The fourth-order valence-electron chi connectivity index (χ4n) is 1.75. The highest BCUT2D eigenvalue weighted by molar-refractivity contribution is 8.77. The molecule has 2 N–H and O–H groups in total. The molecule has 0 aliphatic rings. The van der Waals surface area contributed by atoms with E-state index in [1.165, 1.54) is 11.1 Å². The summed E-state index contributed by atoms with van der Waals surface area (Å²) in [4.78, 5) is 2.33. The van der Waals surface area contributed by atoms with Crippen LogP contribution in [0.5, 0.6) is 0 Å². The van der Waals surface area contributed by atoms with Crippen LogP contribution in [0.15, 0.2) is 58.3 Å². The minimum Gasteiger partial charge on any atom is -0.390 e. The van der Waals surface area contributed by atoms with Crippen molar-refractivity contribution in [2.45, 2.75) is 35.8 Å². The summed E-state index contributed by atoms with van der Waals surface area (Å²) in [5.41, 5.74) is 2.48. The SMILES string of the molecule is Cc1ccc(SSCC(O)C(O)CSSc2ccc(C)cc2)cc1. The van der Waals surface area contributed by atoms with Gasteiger partial charge in [0.1, 0.15) is 0 Å². The van der Waals surface area contributed by atoms with E-state index in [9.17, 15) is 10.2 Å². The summed E-state index contributed by atoms with van der Waals surface area (Å²) in [7, 11) is 6.40. The lowest BCUT2D eigenvalue weighted by Gasteiger charge is -2.16. The summed E-state index contributed by atoms with van der Waals surface area (Å²) in [5, 5.41) is 20.1. The van der Waals surface area contributed by atoms with Crippen LogP contribution in [0.25, 0.3) is 0 Å². The van der Waals surface area contributed by atoms with Gasteiger partial charge in [-0.2, -0.15) is 0 Å². The van der Waals surface area contributed by atoms with Crippen LogP contribution in [-0.4, -0.2) is 33.9 Å². The Bertz CT molecular complexity index is 546. The highest BCUT2D eigenvalue weighted by Crippen LogP contribution is 2.34. The maximum absolute atomic E-state index is 10.1. The van der Waals surface area contributed by atoms with Crippen molar-refractivity contribution in [3.05, 3.63) is 59.7 Å². The standard InChI is InChI=1S/C18H22O2S4/c1-13-3-7-15(8-4-13)23-21-11-17(19)18(20)12-22-24-16-9-5-14(2)6-10-16/h3-10,17-20H,11-12H2,1-2H3. The molecule has 0 bridgehead atoms. The first-order valence-corrected chi connectivity index (χ1v) is 12.3. The van der Waals surface area contributed by atoms with Gasteiger partial charge in [0.2, 0.25) is 0 Å². The maximum Gasteiger partial charge on any atom is 0.0906 e. The molecule has 2 aromatic carbocycles. The first-order valence-electron chi connectivity index (χ1n) is 7.63. The van der Waals surface area contributed by atoms with Gasteiger partial charge in [-0.05, 0) is 38.1 Å². The summed E-state index contributed by atoms with van der Waals surface area (Å²) in [6.45, 7) is 4.13. The number of aliphatic hydroxyl groups is 2. The molecule has 130 valence electrons. The van der Waals surface area contributed by atoms with Crippen LogP contribution in [0.2, 0.25) is 0 Å². The van der Waals surface area contributed by atoms with Gasteiger partial charge in [0.05, 0.1) is 12.2 Å². The Morgan fingerprint density at radius 2 is 1.00 bits per heavy atom. The van der Waals surface area contributed by atoms with Crippen molar-refractivity contribution >= 4 is 43.2 Å². The molecule has 0 amide bonds. The second-order valence-corrected chi connectivity index (χ2v) is 10.3. The number of hydrogen-bond donors (Lipinski definition) is 2. The first-order chi connectivity index (χ1) is 11.5. The van der Waals surface area contributed by atoms with Crippen LogP contribution in [-0.2, 0) is 0 Å². The highest BCUT2D eigenvalue weighted by atomic mass is 33.1. The molecule has 0 spiro atoms. The molecule has 0 aromatic heterocycles. The Hall–Kier alpha value is -0.240. The third-order valence-corrected chi connectivity index (χ3v) is 8.07. The van der Waals surface area contributed by atoms with Crippen molar-refractivity contribution in [2.24, 2.45) is 0 Å². The van der Waals surface area contributed by atoms with E-state index >= 15 is 0 Å². The number of hydrogen-bond acceptors (Lipinski definition) is 6. The summed E-state index contributed by atoms with van der Waals surface area (Å²) >= 11 is 0. The third-order valence-electron chi connectivity index (χ3n) is 3.27. The van der Waals surface area contributed by atoms with Crippen molar-refractivity contribution < 1.29 is 10.2 Å². The van der Waals surface area contributed by atoms with Gasteiger partial charge in [-0.25, -0.2) is 0 Å².